The molecule has 0 amide bonds. The Morgan fingerprint density at radius 2 is 2.11 bits per heavy atom. The number of rotatable bonds is 4. The first-order valence-electron chi connectivity index (χ1n) is 4.84. The second-order valence-corrected chi connectivity index (χ2v) is 5.01. The van der Waals surface area contributed by atoms with Crippen molar-refractivity contribution in [2.45, 2.75) is 12.3 Å². The van der Waals surface area contributed by atoms with E-state index in [1.54, 1.807) is 18.2 Å². The van der Waals surface area contributed by atoms with E-state index >= 15 is 0 Å². The Morgan fingerprint density at radius 1 is 1.39 bits per heavy atom. The molecular formula is C10H7ClF4N2S. The first-order chi connectivity index (χ1) is 8.38. The molecule has 1 N–H and O–H groups in total. The molecule has 0 bridgehead atoms. The number of alkyl halides is 4. The third-order valence-electron chi connectivity index (χ3n) is 2.14. The molecule has 98 valence electrons. The number of nitrogens with one attached hydrogen (secondary N) is 1. The normalized spacial score (nSPS) is 12.3. The van der Waals surface area contributed by atoms with Crippen LogP contribution in [-0.4, -0.2) is 23.9 Å². The van der Waals surface area contributed by atoms with E-state index < -0.39 is 18.9 Å². The molecule has 2 nitrogen and oxygen atoms in total. The zero-order valence-corrected chi connectivity index (χ0v) is 10.3. The van der Waals surface area contributed by atoms with Crippen LogP contribution in [0.2, 0.25) is 5.02 Å². The third-order valence-corrected chi connectivity index (χ3v) is 3.37. The molecule has 1 heterocycles. The van der Waals surface area contributed by atoms with Gasteiger partial charge in [0, 0.05) is 5.02 Å². The Bertz CT molecular complexity index is 558. The predicted molar refractivity (Wildman–Crippen MR) is 64.1 cm³/mol. The summed E-state index contributed by atoms with van der Waals surface area (Å²) < 4.78 is 50.0. The Labute approximate surface area is 109 Å². The molecule has 2 rings (SSSR count). The standard InChI is InChI=1S/C10H7ClF4N2S/c11-5-1-2-7-6(3-5)17-9(18-7)16-4-10(14,15)8(12)13/h1-3,8H,4H2,(H,16,17). The molecule has 0 aliphatic rings. The molecule has 0 aliphatic carbocycles. The molecule has 0 saturated carbocycles. The highest BCUT2D eigenvalue weighted by Crippen LogP contribution is 2.29. The van der Waals surface area contributed by atoms with Gasteiger partial charge in [0.15, 0.2) is 5.13 Å². The molecule has 0 unspecified atom stereocenters. The highest BCUT2D eigenvalue weighted by Gasteiger charge is 2.40. The maximum Gasteiger partial charge on any atom is 0.324 e. The highest BCUT2D eigenvalue weighted by atomic mass is 35.5. The molecule has 1 aromatic carbocycles. The summed E-state index contributed by atoms with van der Waals surface area (Å²) in [6, 6.07) is 4.90. The van der Waals surface area contributed by atoms with Gasteiger partial charge in [0.1, 0.15) is 0 Å². The second-order valence-electron chi connectivity index (χ2n) is 3.55. The van der Waals surface area contributed by atoms with E-state index in [-0.39, 0.29) is 5.13 Å². The molecule has 0 spiro atoms. The molecule has 0 atom stereocenters. The van der Waals surface area contributed by atoms with Crippen LogP contribution in [0.5, 0.6) is 0 Å². The summed E-state index contributed by atoms with van der Waals surface area (Å²) in [5, 5.41) is 2.84. The number of benzene rings is 1. The number of fused-ring (bicyclic) bond motifs is 1. The van der Waals surface area contributed by atoms with Crippen LogP contribution in [0.3, 0.4) is 0 Å². The van der Waals surface area contributed by atoms with E-state index in [2.05, 4.69) is 10.3 Å². The fraction of sp³-hybridized carbons (Fsp3) is 0.300. The lowest BCUT2D eigenvalue weighted by molar-refractivity contribution is -0.117. The summed E-state index contributed by atoms with van der Waals surface area (Å²) in [6.07, 6.45) is -3.70. The Hall–Kier alpha value is -1.08. The minimum atomic E-state index is -4.07. The van der Waals surface area contributed by atoms with Gasteiger partial charge in [-0.15, -0.1) is 0 Å². The van der Waals surface area contributed by atoms with Gasteiger partial charge >= 0.3 is 12.3 Å². The highest BCUT2D eigenvalue weighted by molar-refractivity contribution is 7.22. The van der Waals surface area contributed by atoms with Gasteiger partial charge in [-0.3, -0.25) is 0 Å². The van der Waals surface area contributed by atoms with Gasteiger partial charge < -0.3 is 5.32 Å². The smallest absolute Gasteiger partial charge is 0.324 e. The van der Waals surface area contributed by atoms with Crippen molar-refractivity contribution in [3.05, 3.63) is 23.2 Å². The van der Waals surface area contributed by atoms with E-state index in [1.807, 2.05) is 0 Å². The van der Waals surface area contributed by atoms with Gasteiger partial charge in [-0.2, -0.15) is 8.78 Å². The Morgan fingerprint density at radius 3 is 2.78 bits per heavy atom. The molecular weight excluding hydrogens is 292 g/mol. The molecule has 0 saturated heterocycles. The van der Waals surface area contributed by atoms with Crippen molar-refractivity contribution in [3.8, 4) is 0 Å². The monoisotopic (exact) mass is 298 g/mol. The van der Waals surface area contributed by atoms with E-state index in [9.17, 15) is 17.6 Å². The van der Waals surface area contributed by atoms with Crippen molar-refractivity contribution < 1.29 is 17.6 Å². The summed E-state index contributed by atoms with van der Waals surface area (Å²) in [7, 11) is 0. The van der Waals surface area contributed by atoms with Crippen LogP contribution in [0.4, 0.5) is 22.7 Å². The van der Waals surface area contributed by atoms with Gasteiger partial charge in [0.25, 0.3) is 0 Å². The Balaban J connectivity index is 2.13. The summed E-state index contributed by atoms with van der Waals surface area (Å²) in [5.74, 6) is -4.07. The molecule has 18 heavy (non-hydrogen) atoms. The van der Waals surface area contributed by atoms with Crippen molar-refractivity contribution >= 4 is 38.3 Å². The number of halogens is 5. The average molecular weight is 299 g/mol. The van der Waals surface area contributed by atoms with E-state index in [1.165, 1.54) is 0 Å². The van der Waals surface area contributed by atoms with Gasteiger partial charge in [0.05, 0.1) is 16.8 Å². The van der Waals surface area contributed by atoms with E-state index in [4.69, 9.17) is 11.6 Å². The summed E-state index contributed by atoms with van der Waals surface area (Å²) in [4.78, 5) is 3.98. The van der Waals surface area contributed by atoms with Crippen LogP contribution in [-0.2, 0) is 0 Å². The van der Waals surface area contributed by atoms with Crippen molar-refractivity contribution in [1.29, 1.82) is 0 Å². The van der Waals surface area contributed by atoms with Crippen LogP contribution >= 0.6 is 22.9 Å². The maximum absolute atomic E-state index is 12.7. The Kier molecular flexibility index (Phi) is 3.63. The molecule has 1 aromatic heterocycles. The molecule has 2 aromatic rings. The second kappa shape index (κ2) is 4.89. The van der Waals surface area contributed by atoms with E-state index in [0.29, 0.717) is 10.5 Å². The number of aromatic nitrogens is 1. The first-order valence-corrected chi connectivity index (χ1v) is 6.04. The summed E-state index contributed by atoms with van der Waals surface area (Å²) in [6.45, 7) is -1.15. The predicted octanol–water partition coefficient (Wildman–Crippen LogP) is 4.26. The van der Waals surface area contributed by atoms with Gasteiger partial charge in [-0.05, 0) is 18.2 Å². The largest absolute Gasteiger partial charge is 0.355 e. The van der Waals surface area contributed by atoms with Crippen molar-refractivity contribution in [2.24, 2.45) is 0 Å². The van der Waals surface area contributed by atoms with Crippen LogP contribution in [0.25, 0.3) is 10.2 Å². The number of nitrogens with zero attached hydrogens (tertiary/aromatic N) is 1. The molecule has 0 aliphatic heterocycles. The van der Waals surface area contributed by atoms with Crippen LogP contribution in [0.1, 0.15) is 0 Å². The lowest BCUT2D eigenvalue weighted by Gasteiger charge is -2.14. The number of hydrogen-bond acceptors (Lipinski definition) is 3. The van der Waals surface area contributed by atoms with Gasteiger partial charge in [-0.25, -0.2) is 13.8 Å². The molecule has 0 radical (unpaired) electrons. The maximum atomic E-state index is 12.7. The molecule has 0 fully saturated rings. The van der Waals surface area contributed by atoms with Gasteiger partial charge in [-0.1, -0.05) is 22.9 Å². The average Bonchev–Trinajstić information content (AvgIpc) is 2.68. The number of hydrogen-bond donors (Lipinski definition) is 1. The van der Waals surface area contributed by atoms with Crippen molar-refractivity contribution in [1.82, 2.24) is 4.98 Å². The topological polar surface area (TPSA) is 24.9 Å². The van der Waals surface area contributed by atoms with Crippen LogP contribution < -0.4 is 5.32 Å². The fourth-order valence-corrected chi connectivity index (χ4v) is 2.26. The zero-order chi connectivity index (χ0) is 13.3. The quantitative estimate of drug-likeness (QED) is 0.853. The minimum Gasteiger partial charge on any atom is -0.355 e. The van der Waals surface area contributed by atoms with Gasteiger partial charge in [0.2, 0.25) is 0 Å². The number of anilines is 1. The van der Waals surface area contributed by atoms with E-state index in [0.717, 1.165) is 16.0 Å². The number of thiazole rings is 1. The minimum absolute atomic E-state index is 0.160. The molecule has 8 heteroatoms. The first kappa shape index (κ1) is 13.4. The lowest BCUT2D eigenvalue weighted by atomic mass is 10.3. The summed E-state index contributed by atoms with van der Waals surface area (Å²) in [5.41, 5.74) is 0.537. The van der Waals surface area contributed by atoms with Crippen LogP contribution in [0, 0.1) is 0 Å². The van der Waals surface area contributed by atoms with Crippen molar-refractivity contribution in [2.75, 3.05) is 11.9 Å². The summed E-state index contributed by atoms with van der Waals surface area (Å²) >= 11 is 6.84. The van der Waals surface area contributed by atoms with Crippen molar-refractivity contribution in [3.63, 3.8) is 0 Å². The zero-order valence-electron chi connectivity index (χ0n) is 8.76. The fourth-order valence-electron chi connectivity index (χ4n) is 1.25. The SMILES string of the molecule is FC(F)C(F)(F)CNc1nc2cc(Cl)ccc2s1. The lowest BCUT2D eigenvalue weighted by Crippen LogP contribution is -2.34. The third kappa shape index (κ3) is 2.84. The van der Waals surface area contributed by atoms with Crippen LogP contribution in [0.15, 0.2) is 18.2 Å².